The van der Waals surface area contributed by atoms with Crippen molar-refractivity contribution in [2.75, 3.05) is 25.0 Å². The van der Waals surface area contributed by atoms with E-state index in [-0.39, 0.29) is 43.3 Å². The van der Waals surface area contributed by atoms with Gasteiger partial charge in [-0.1, -0.05) is 25.4 Å². The number of halogens is 1. The predicted molar refractivity (Wildman–Crippen MR) is 147 cm³/mol. The van der Waals surface area contributed by atoms with Gasteiger partial charge in [-0.2, -0.15) is 5.10 Å². The van der Waals surface area contributed by atoms with Crippen LogP contribution in [0.15, 0.2) is 24.3 Å². The second-order valence-corrected chi connectivity index (χ2v) is 10.9. The molecule has 1 saturated carbocycles. The van der Waals surface area contributed by atoms with Crippen LogP contribution in [0.5, 0.6) is 0 Å². The maximum Gasteiger partial charge on any atom is 0.413 e. The van der Waals surface area contributed by atoms with Crippen LogP contribution in [0.4, 0.5) is 16.4 Å². The molecule has 0 spiro atoms. The first-order valence-electron chi connectivity index (χ1n) is 13.4. The molecule has 3 aromatic rings. The first-order chi connectivity index (χ1) is 19.1. The Labute approximate surface area is 236 Å². The molecule has 2 aromatic heterocycles. The van der Waals surface area contributed by atoms with Crippen LogP contribution in [-0.4, -0.2) is 79.9 Å². The van der Waals surface area contributed by atoms with Gasteiger partial charge < -0.3 is 24.6 Å². The minimum atomic E-state index is -1.02. The number of esters is 1. The third-order valence-corrected chi connectivity index (χ3v) is 7.12. The lowest BCUT2D eigenvalue weighted by atomic mass is 10.2. The maximum atomic E-state index is 13.5. The third-order valence-electron chi connectivity index (χ3n) is 6.88. The number of anilines is 2. The van der Waals surface area contributed by atoms with E-state index in [0.29, 0.717) is 33.5 Å². The maximum absolute atomic E-state index is 13.5. The van der Waals surface area contributed by atoms with Gasteiger partial charge in [-0.05, 0) is 38.0 Å². The van der Waals surface area contributed by atoms with Gasteiger partial charge in [-0.25, -0.2) is 14.8 Å². The molecular formula is C27H32ClN7O5. The largest absolute Gasteiger partial charge is 0.425 e. The number of hydrogen-bond donors (Lipinski definition) is 2. The Morgan fingerprint density at radius 2 is 1.88 bits per heavy atom. The number of fused-ring (bicyclic) bond motifs is 1. The molecule has 5 rings (SSSR count). The average Bonchev–Trinajstić information content (AvgIpc) is 3.66. The van der Waals surface area contributed by atoms with Crippen LogP contribution in [0.3, 0.4) is 0 Å². The predicted octanol–water partition coefficient (Wildman–Crippen LogP) is 4.46. The molecule has 2 aliphatic rings. The molecule has 40 heavy (non-hydrogen) atoms. The van der Waals surface area contributed by atoms with E-state index in [1.165, 1.54) is 11.8 Å². The number of carbonyl (C=O) groups is 3. The fourth-order valence-corrected chi connectivity index (χ4v) is 4.68. The fraction of sp³-hybridized carbons (Fsp3) is 0.481. The number of hydrogen-bond acceptors (Lipinski definition) is 9. The molecule has 2 amide bonds. The first kappa shape index (κ1) is 27.6. The number of rotatable bonds is 7. The fourth-order valence-electron chi connectivity index (χ4n) is 4.51. The van der Waals surface area contributed by atoms with Gasteiger partial charge in [0.1, 0.15) is 5.82 Å². The molecule has 1 aliphatic heterocycles. The molecule has 2 fully saturated rings. The zero-order valence-electron chi connectivity index (χ0n) is 22.8. The van der Waals surface area contributed by atoms with Gasteiger partial charge >= 0.3 is 12.1 Å². The highest BCUT2D eigenvalue weighted by Gasteiger charge is 2.33. The minimum absolute atomic E-state index is 0.0210. The number of H-pyrrole nitrogens is 1. The Hall–Kier alpha value is -3.93. The molecule has 0 bridgehead atoms. The highest BCUT2D eigenvalue weighted by Crippen LogP contribution is 2.40. The molecule has 13 heteroatoms. The van der Waals surface area contributed by atoms with Crippen LogP contribution in [0.1, 0.15) is 62.8 Å². The number of ether oxygens (including phenoxy) is 2. The van der Waals surface area contributed by atoms with Crippen molar-refractivity contribution in [2.24, 2.45) is 5.92 Å². The second-order valence-electron chi connectivity index (χ2n) is 10.5. The number of aromatic nitrogens is 4. The van der Waals surface area contributed by atoms with Crippen molar-refractivity contribution < 1.29 is 23.9 Å². The van der Waals surface area contributed by atoms with Crippen molar-refractivity contribution in [3.63, 3.8) is 0 Å². The minimum Gasteiger partial charge on any atom is -0.425 e. The molecule has 1 unspecified atom stereocenters. The Morgan fingerprint density at radius 1 is 1.10 bits per heavy atom. The van der Waals surface area contributed by atoms with E-state index in [1.54, 1.807) is 36.9 Å². The summed E-state index contributed by atoms with van der Waals surface area (Å²) in [6.45, 7) is 7.46. The highest BCUT2D eigenvalue weighted by molar-refractivity contribution is 6.31. The number of piperazine rings is 1. The number of aromatic amines is 1. The van der Waals surface area contributed by atoms with Crippen LogP contribution in [0.25, 0.3) is 10.9 Å². The Balaban J connectivity index is 1.29. The van der Waals surface area contributed by atoms with Gasteiger partial charge in [0, 0.05) is 60.7 Å². The van der Waals surface area contributed by atoms with Gasteiger partial charge in [0.15, 0.2) is 5.82 Å². The van der Waals surface area contributed by atoms with Crippen LogP contribution >= 0.6 is 11.6 Å². The van der Waals surface area contributed by atoms with Crippen LogP contribution in [0.2, 0.25) is 5.02 Å². The molecular weight excluding hydrogens is 538 g/mol. The molecule has 212 valence electrons. The van der Waals surface area contributed by atoms with Gasteiger partial charge in [0.05, 0.1) is 11.4 Å². The molecule has 12 nitrogen and oxygen atoms in total. The quantitative estimate of drug-likeness (QED) is 0.311. The average molecular weight is 570 g/mol. The summed E-state index contributed by atoms with van der Waals surface area (Å²) >= 11 is 6.25. The topological polar surface area (TPSA) is 143 Å². The van der Waals surface area contributed by atoms with E-state index in [2.05, 4.69) is 25.5 Å². The van der Waals surface area contributed by atoms with Gasteiger partial charge in [0.25, 0.3) is 5.91 Å². The Kier molecular flexibility index (Phi) is 7.79. The summed E-state index contributed by atoms with van der Waals surface area (Å²) in [6.07, 6.45) is 0.647. The van der Waals surface area contributed by atoms with Crippen molar-refractivity contribution in [3.05, 3.63) is 40.8 Å². The van der Waals surface area contributed by atoms with E-state index in [0.717, 1.165) is 18.5 Å². The molecule has 3 heterocycles. The summed E-state index contributed by atoms with van der Waals surface area (Å²) in [7, 11) is 0. The summed E-state index contributed by atoms with van der Waals surface area (Å²) < 4.78 is 10.4. The third kappa shape index (κ3) is 6.11. The molecule has 2 N–H and O–H groups in total. The Bertz CT molecular complexity index is 1440. The van der Waals surface area contributed by atoms with Gasteiger partial charge in [-0.3, -0.25) is 14.7 Å². The van der Waals surface area contributed by atoms with Crippen molar-refractivity contribution in [1.82, 2.24) is 30.0 Å². The van der Waals surface area contributed by atoms with Crippen molar-refractivity contribution in [2.45, 2.75) is 58.8 Å². The lowest BCUT2D eigenvalue weighted by Crippen LogP contribution is -2.56. The summed E-state index contributed by atoms with van der Waals surface area (Å²) in [5.41, 5.74) is 1.62. The number of nitrogens with one attached hydrogen (secondary N) is 2. The smallest absolute Gasteiger partial charge is 0.413 e. The van der Waals surface area contributed by atoms with E-state index in [1.807, 2.05) is 13.0 Å². The zero-order valence-corrected chi connectivity index (χ0v) is 23.6. The standard InChI is InChI=1S/C27H32ClN7O5/c1-14(2)26(37)39-16(4)40-27(38)35-10-9-34(13-15(35)3)25(36)24-29-20-8-7-18(28)11-19(20)23(31-24)30-22-12-21(32-33-22)17-5-6-17/h7-8,11-12,14-17H,5-6,9-10,13H2,1-4H3,(H2,29,30,31,32,33)/t15-,16?/m1/s1. The summed E-state index contributed by atoms with van der Waals surface area (Å²) in [5.74, 6) is 0.393. The number of carbonyl (C=O) groups excluding carboxylic acids is 3. The molecule has 0 radical (unpaired) electrons. The molecule has 1 aliphatic carbocycles. The summed E-state index contributed by atoms with van der Waals surface area (Å²) in [5, 5.41) is 11.8. The summed E-state index contributed by atoms with van der Waals surface area (Å²) in [6, 6.07) is 6.79. The van der Waals surface area contributed by atoms with E-state index >= 15 is 0 Å². The number of amides is 2. The van der Waals surface area contributed by atoms with Gasteiger partial charge in [0.2, 0.25) is 12.1 Å². The first-order valence-corrected chi connectivity index (χ1v) is 13.7. The Morgan fingerprint density at radius 3 is 2.58 bits per heavy atom. The normalized spacial score (nSPS) is 18.1. The van der Waals surface area contributed by atoms with Crippen LogP contribution in [0, 0.1) is 5.92 Å². The SMILES string of the molecule is CC(OC(=O)C(C)C)OC(=O)N1CCN(C(=O)c2nc(Nc3cc(C4CC4)[nH]n3)c3cc(Cl)ccc3n2)C[C@H]1C. The zero-order chi connectivity index (χ0) is 28.6. The van der Waals surface area contributed by atoms with E-state index < -0.39 is 18.4 Å². The van der Waals surface area contributed by atoms with Crippen LogP contribution < -0.4 is 5.32 Å². The number of nitrogens with zero attached hydrogens (tertiary/aromatic N) is 5. The van der Waals surface area contributed by atoms with Crippen molar-refractivity contribution in [3.8, 4) is 0 Å². The monoisotopic (exact) mass is 569 g/mol. The van der Waals surface area contributed by atoms with E-state index in [9.17, 15) is 14.4 Å². The molecule has 1 saturated heterocycles. The number of benzene rings is 1. The lowest BCUT2D eigenvalue weighted by Gasteiger charge is -2.39. The second kappa shape index (κ2) is 11.3. The molecule has 1 aromatic carbocycles. The highest BCUT2D eigenvalue weighted by atomic mass is 35.5. The van der Waals surface area contributed by atoms with Crippen molar-refractivity contribution in [1.29, 1.82) is 0 Å². The van der Waals surface area contributed by atoms with E-state index in [4.69, 9.17) is 21.1 Å². The molecule has 2 atom stereocenters. The lowest BCUT2D eigenvalue weighted by molar-refractivity contribution is -0.170. The van der Waals surface area contributed by atoms with Crippen LogP contribution in [-0.2, 0) is 14.3 Å². The van der Waals surface area contributed by atoms with Gasteiger partial charge in [-0.15, -0.1) is 0 Å². The summed E-state index contributed by atoms with van der Waals surface area (Å²) in [4.78, 5) is 50.2. The van der Waals surface area contributed by atoms with Crippen molar-refractivity contribution >= 4 is 52.1 Å².